The van der Waals surface area contributed by atoms with Crippen LogP contribution < -0.4 is 5.32 Å². The highest BCUT2D eigenvalue weighted by atomic mass is 16.2. The Morgan fingerprint density at radius 1 is 0.840 bits per heavy atom. The van der Waals surface area contributed by atoms with Crippen molar-refractivity contribution >= 4 is 11.8 Å². The Morgan fingerprint density at radius 3 is 1.88 bits per heavy atom. The van der Waals surface area contributed by atoms with Crippen molar-refractivity contribution in [3.63, 3.8) is 0 Å². The van der Waals surface area contributed by atoms with Crippen LogP contribution in [-0.4, -0.2) is 35.8 Å². The van der Waals surface area contributed by atoms with E-state index in [1.165, 1.54) is 25.7 Å². The van der Waals surface area contributed by atoms with Crippen molar-refractivity contribution in [1.29, 1.82) is 0 Å². The lowest BCUT2D eigenvalue weighted by Crippen LogP contribution is -2.56. The molecule has 4 heteroatoms. The van der Waals surface area contributed by atoms with E-state index in [1.54, 1.807) is 0 Å². The van der Waals surface area contributed by atoms with Crippen LogP contribution in [0.4, 0.5) is 0 Å². The van der Waals surface area contributed by atoms with Crippen molar-refractivity contribution < 1.29 is 9.59 Å². The fourth-order valence-corrected chi connectivity index (χ4v) is 6.88. The molecule has 0 unspecified atom stereocenters. The van der Waals surface area contributed by atoms with E-state index in [0.29, 0.717) is 17.7 Å². The molecule has 6 rings (SSSR count). The maximum absolute atomic E-state index is 13.2. The molecule has 0 aromatic rings. The molecular formula is C21H32N2O2. The van der Waals surface area contributed by atoms with Crippen LogP contribution in [-0.2, 0) is 9.59 Å². The highest BCUT2D eigenvalue weighted by Crippen LogP contribution is 2.60. The van der Waals surface area contributed by atoms with Crippen LogP contribution in [0.15, 0.2) is 0 Å². The van der Waals surface area contributed by atoms with Gasteiger partial charge in [-0.05, 0) is 82.0 Å². The zero-order valence-corrected chi connectivity index (χ0v) is 15.3. The van der Waals surface area contributed by atoms with Crippen molar-refractivity contribution in [1.82, 2.24) is 10.2 Å². The second kappa shape index (κ2) is 5.99. The SMILES string of the molecule is O=C(C1CCC1)N1CCC(NC(=O)C23CC4CC(CC(C4)C2)C3)CC1. The summed E-state index contributed by atoms with van der Waals surface area (Å²) >= 11 is 0. The largest absolute Gasteiger partial charge is 0.353 e. The van der Waals surface area contributed by atoms with Gasteiger partial charge in [0, 0.05) is 30.5 Å². The third-order valence-corrected chi connectivity index (χ3v) is 8.12. The number of nitrogens with one attached hydrogen (secondary N) is 1. The Morgan fingerprint density at radius 2 is 1.40 bits per heavy atom. The summed E-state index contributed by atoms with van der Waals surface area (Å²) in [5.74, 6) is 3.49. The van der Waals surface area contributed by atoms with Crippen LogP contribution in [0.5, 0.6) is 0 Å². The summed E-state index contributed by atoms with van der Waals surface area (Å²) in [5, 5.41) is 3.42. The standard InChI is InChI=1S/C21H32N2O2/c24-19(17-2-1-3-17)23-6-4-18(5-7-23)22-20(25)21-11-14-8-15(12-21)10-16(9-14)13-21/h14-18H,1-13H2,(H,22,25). The molecule has 1 saturated heterocycles. The Labute approximate surface area is 151 Å². The van der Waals surface area contributed by atoms with Gasteiger partial charge in [0.05, 0.1) is 0 Å². The molecule has 1 heterocycles. The minimum absolute atomic E-state index is 0.0341. The molecule has 5 aliphatic carbocycles. The van der Waals surface area contributed by atoms with Crippen LogP contribution in [0.1, 0.15) is 70.6 Å². The molecule has 0 aromatic carbocycles. The molecule has 0 atom stereocenters. The summed E-state index contributed by atoms with van der Waals surface area (Å²) in [6.07, 6.45) is 12.8. The van der Waals surface area contributed by atoms with E-state index in [4.69, 9.17) is 0 Å². The van der Waals surface area contributed by atoms with E-state index in [0.717, 1.165) is 75.8 Å². The van der Waals surface area contributed by atoms with E-state index in [1.807, 2.05) is 0 Å². The van der Waals surface area contributed by atoms with Crippen LogP contribution in [0, 0.1) is 29.1 Å². The maximum atomic E-state index is 13.2. The minimum atomic E-state index is -0.0341. The summed E-state index contributed by atoms with van der Waals surface area (Å²) in [7, 11) is 0. The van der Waals surface area contributed by atoms with Gasteiger partial charge in [-0.2, -0.15) is 0 Å². The molecular weight excluding hydrogens is 312 g/mol. The molecule has 25 heavy (non-hydrogen) atoms. The summed E-state index contributed by atoms with van der Waals surface area (Å²) in [6, 6.07) is 0.283. The Bertz CT molecular complexity index is 525. The Hall–Kier alpha value is -1.06. The molecule has 6 fully saturated rings. The lowest BCUT2D eigenvalue weighted by atomic mass is 9.49. The Balaban J connectivity index is 1.16. The lowest BCUT2D eigenvalue weighted by molar-refractivity contribution is -0.147. The third kappa shape index (κ3) is 2.80. The first kappa shape index (κ1) is 16.1. The van der Waals surface area contributed by atoms with Crippen LogP contribution in [0.2, 0.25) is 0 Å². The minimum Gasteiger partial charge on any atom is -0.353 e. The monoisotopic (exact) mass is 344 g/mol. The molecule has 0 spiro atoms. The number of carbonyl (C=O) groups is 2. The maximum Gasteiger partial charge on any atom is 0.226 e. The fraction of sp³-hybridized carbons (Fsp3) is 0.905. The van der Waals surface area contributed by atoms with E-state index in [9.17, 15) is 9.59 Å². The average Bonchev–Trinajstić information content (AvgIpc) is 2.52. The van der Waals surface area contributed by atoms with Gasteiger partial charge in [-0.1, -0.05) is 6.42 Å². The number of carbonyl (C=O) groups excluding carboxylic acids is 2. The highest BCUT2D eigenvalue weighted by Gasteiger charge is 2.54. The van der Waals surface area contributed by atoms with Gasteiger partial charge >= 0.3 is 0 Å². The van der Waals surface area contributed by atoms with Gasteiger partial charge < -0.3 is 10.2 Å². The molecule has 0 radical (unpaired) electrons. The third-order valence-electron chi connectivity index (χ3n) is 8.12. The summed E-state index contributed by atoms with van der Waals surface area (Å²) in [6.45, 7) is 1.67. The van der Waals surface area contributed by atoms with E-state index in [2.05, 4.69) is 10.2 Å². The highest BCUT2D eigenvalue weighted by molar-refractivity contribution is 5.83. The summed E-state index contributed by atoms with van der Waals surface area (Å²) < 4.78 is 0. The number of hydrogen-bond acceptors (Lipinski definition) is 2. The van der Waals surface area contributed by atoms with Gasteiger partial charge in [0.2, 0.25) is 11.8 Å². The quantitative estimate of drug-likeness (QED) is 0.855. The second-order valence-electron chi connectivity index (χ2n) is 9.90. The smallest absolute Gasteiger partial charge is 0.226 e. The molecule has 138 valence electrons. The van der Waals surface area contributed by atoms with Crippen LogP contribution in [0.3, 0.4) is 0 Å². The van der Waals surface area contributed by atoms with Gasteiger partial charge in [0.15, 0.2) is 0 Å². The van der Waals surface area contributed by atoms with Crippen molar-refractivity contribution in [3.8, 4) is 0 Å². The lowest BCUT2D eigenvalue weighted by Gasteiger charge is -2.56. The van der Waals surface area contributed by atoms with Crippen molar-refractivity contribution in [3.05, 3.63) is 0 Å². The molecule has 4 bridgehead atoms. The fourth-order valence-electron chi connectivity index (χ4n) is 6.88. The predicted molar refractivity (Wildman–Crippen MR) is 95.7 cm³/mol. The first-order valence-corrected chi connectivity index (χ1v) is 10.7. The van der Waals surface area contributed by atoms with E-state index in [-0.39, 0.29) is 11.5 Å². The van der Waals surface area contributed by atoms with Crippen LogP contribution in [0.25, 0.3) is 0 Å². The average molecular weight is 344 g/mol. The van der Waals surface area contributed by atoms with Gasteiger partial charge in [0.25, 0.3) is 0 Å². The number of piperidine rings is 1. The predicted octanol–water partition coefficient (Wildman–Crippen LogP) is 3.11. The van der Waals surface area contributed by atoms with Crippen LogP contribution >= 0.6 is 0 Å². The number of rotatable bonds is 3. The zero-order valence-electron chi connectivity index (χ0n) is 15.3. The number of likely N-dealkylation sites (tertiary alicyclic amines) is 1. The molecule has 1 N–H and O–H groups in total. The summed E-state index contributed by atoms with van der Waals surface area (Å²) in [5.41, 5.74) is -0.0341. The number of amides is 2. The Kier molecular flexibility index (Phi) is 3.87. The van der Waals surface area contributed by atoms with E-state index < -0.39 is 0 Å². The first-order valence-electron chi connectivity index (χ1n) is 10.7. The van der Waals surface area contributed by atoms with Gasteiger partial charge in [-0.25, -0.2) is 0 Å². The second-order valence-corrected chi connectivity index (χ2v) is 9.90. The molecule has 6 aliphatic rings. The normalized spacial score (nSPS) is 40.8. The topological polar surface area (TPSA) is 49.4 Å². The zero-order chi connectivity index (χ0) is 17.0. The van der Waals surface area contributed by atoms with Crippen molar-refractivity contribution in [2.45, 2.75) is 76.7 Å². The van der Waals surface area contributed by atoms with Crippen molar-refractivity contribution in [2.24, 2.45) is 29.1 Å². The summed E-state index contributed by atoms with van der Waals surface area (Å²) in [4.78, 5) is 27.6. The molecule has 2 amide bonds. The van der Waals surface area contributed by atoms with Gasteiger partial charge in [-0.3, -0.25) is 9.59 Å². The molecule has 0 aromatic heterocycles. The molecule has 5 saturated carbocycles. The number of hydrogen-bond donors (Lipinski definition) is 1. The van der Waals surface area contributed by atoms with Gasteiger partial charge in [-0.15, -0.1) is 0 Å². The number of nitrogens with zero attached hydrogens (tertiary/aromatic N) is 1. The van der Waals surface area contributed by atoms with Gasteiger partial charge in [0.1, 0.15) is 0 Å². The van der Waals surface area contributed by atoms with Crippen molar-refractivity contribution in [2.75, 3.05) is 13.1 Å². The molecule has 1 aliphatic heterocycles. The molecule has 4 nitrogen and oxygen atoms in total. The van der Waals surface area contributed by atoms with E-state index >= 15 is 0 Å². The first-order chi connectivity index (χ1) is 12.1.